The third kappa shape index (κ3) is 2.76. The largest absolute Gasteiger partial charge is 0.157 e. The van der Waals surface area contributed by atoms with Crippen molar-refractivity contribution >= 4 is 23.5 Å². The van der Waals surface area contributed by atoms with E-state index in [4.69, 9.17) is 0 Å². The second-order valence-corrected chi connectivity index (χ2v) is 6.64. The topological polar surface area (TPSA) is 0 Å². The molecule has 2 aromatic rings. The first-order chi connectivity index (χ1) is 8.93. The highest BCUT2D eigenvalue weighted by Crippen LogP contribution is 2.40. The molecule has 18 heavy (non-hydrogen) atoms. The van der Waals surface area contributed by atoms with Crippen LogP contribution in [0.15, 0.2) is 59.5 Å². The lowest BCUT2D eigenvalue weighted by Gasteiger charge is -2.10. The van der Waals surface area contributed by atoms with Gasteiger partial charge in [0.1, 0.15) is 0 Å². The lowest BCUT2D eigenvalue weighted by atomic mass is 10.0. The smallest absolute Gasteiger partial charge is 0.0184 e. The maximum atomic E-state index is 2.29. The SMILES string of the molecule is c1ccc(CSCC2CSc3ccccc32)cc1. The number of fused-ring (bicyclic) bond motifs is 1. The van der Waals surface area contributed by atoms with Gasteiger partial charge in [-0.2, -0.15) is 11.8 Å². The van der Waals surface area contributed by atoms with Crippen LogP contribution >= 0.6 is 23.5 Å². The Kier molecular flexibility index (Phi) is 3.96. The van der Waals surface area contributed by atoms with Crippen LogP contribution in [0.1, 0.15) is 17.0 Å². The van der Waals surface area contributed by atoms with Crippen LogP contribution in [0.25, 0.3) is 0 Å². The van der Waals surface area contributed by atoms with Crippen LogP contribution in [-0.2, 0) is 5.75 Å². The zero-order valence-electron chi connectivity index (χ0n) is 10.2. The quantitative estimate of drug-likeness (QED) is 0.783. The number of hydrogen-bond acceptors (Lipinski definition) is 2. The molecule has 0 spiro atoms. The van der Waals surface area contributed by atoms with Crippen LogP contribution in [0.3, 0.4) is 0 Å². The maximum absolute atomic E-state index is 2.29. The molecule has 1 atom stereocenters. The summed E-state index contributed by atoms with van der Waals surface area (Å²) in [5.74, 6) is 4.35. The van der Waals surface area contributed by atoms with Gasteiger partial charge in [0.2, 0.25) is 0 Å². The van der Waals surface area contributed by atoms with Gasteiger partial charge < -0.3 is 0 Å². The minimum atomic E-state index is 0.736. The molecule has 0 fully saturated rings. The number of benzene rings is 2. The van der Waals surface area contributed by atoms with E-state index in [0.717, 1.165) is 11.7 Å². The molecule has 1 unspecified atom stereocenters. The van der Waals surface area contributed by atoms with Gasteiger partial charge in [-0.3, -0.25) is 0 Å². The first-order valence-electron chi connectivity index (χ1n) is 6.27. The molecular weight excluding hydrogens is 256 g/mol. The summed E-state index contributed by atoms with van der Waals surface area (Å²) in [6.07, 6.45) is 0. The van der Waals surface area contributed by atoms with Crippen molar-refractivity contribution in [2.24, 2.45) is 0 Å². The van der Waals surface area contributed by atoms with Gasteiger partial charge in [0.05, 0.1) is 0 Å². The Morgan fingerprint density at radius 2 is 1.78 bits per heavy atom. The summed E-state index contributed by atoms with van der Waals surface area (Å²) in [5, 5.41) is 0. The minimum Gasteiger partial charge on any atom is -0.157 e. The van der Waals surface area contributed by atoms with Crippen molar-refractivity contribution in [2.45, 2.75) is 16.6 Å². The van der Waals surface area contributed by atoms with Crippen molar-refractivity contribution in [3.8, 4) is 0 Å². The fourth-order valence-electron chi connectivity index (χ4n) is 2.26. The summed E-state index contributed by atoms with van der Waals surface area (Å²) >= 11 is 4.06. The Balaban J connectivity index is 1.56. The standard InChI is InChI=1S/C16H16S2/c1-2-6-13(7-3-1)10-17-11-14-12-18-16-9-5-4-8-15(14)16/h1-9,14H,10-12H2. The molecule has 0 bridgehead atoms. The van der Waals surface area contributed by atoms with E-state index in [-0.39, 0.29) is 0 Å². The summed E-state index contributed by atoms with van der Waals surface area (Å²) in [4.78, 5) is 1.49. The highest BCUT2D eigenvalue weighted by atomic mass is 32.2. The molecule has 1 heterocycles. The van der Waals surface area contributed by atoms with Crippen LogP contribution in [0.5, 0.6) is 0 Å². The average molecular weight is 272 g/mol. The van der Waals surface area contributed by atoms with Gasteiger partial charge in [0, 0.05) is 28.1 Å². The van der Waals surface area contributed by atoms with E-state index in [2.05, 4.69) is 66.4 Å². The monoisotopic (exact) mass is 272 g/mol. The Hall–Kier alpha value is -0.860. The predicted octanol–water partition coefficient (Wildman–Crippen LogP) is 4.81. The van der Waals surface area contributed by atoms with E-state index in [1.165, 1.54) is 22.0 Å². The van der Waals surface area contributed by atoms with Crippen molar-refractivity contribution in [3.63, 3.8) is 0 Å². The van der Waals surface area contributed by atoms with Crippen molar-refractivity contribution in [3.05, 3.63) is 65.7 Å². The van der Waals surface area contributed by atoms with Gasteiger partial charge in [-0.1, -0.05) is 48.5 Å². The molecule has 2 heteroatoms. The van der Waals surface area contributed by atoms with Crippen LogP contribution in [-0.4, -0.2) is 11.5 Å². The van der Waals surface area contributed by atoms with E-state index >= 15 is 0 Å². The Labute approximate surface area is 117 Å². The number of rotatable bonds is 4. The minimum absolute atomic E-state index is 0.736. The van der Waals surface area contributed by atoms with Crippen molar-refractivity contribution in [1.82, 2.24) is 0 Å². The molecule has 0 N–H and O–H groups in total. The molecule has 0 nitrogen and oxygen atoms in total. The van der Waals surface area contributed by atoms with Gasteiger partial charge in [-0.25, -0.2) is 0 Å². The van der Waals surface area contributed by atoms with Crippen LogP contribution < -0.4 is 0 Å². The van der Waals surface area contributed by atoms with Gasteiger partial charge in [0.25, 0.3) is 0 Å². The molecule has 3 rings (SSSR count). The summed E-state index contributed by atoms with van der Waals surface area (Å²) in [7, 11) is 0. The van der Waals surface area contributed by atoms with Gasteiger partial charge >= 0.3 is 0 Å². The Bertz CT molecular complexity index is 508. The Morgan fingerprint density at radius 1 is 1.00 bits per heavy atom. The van der Waals surface area contributed by atoms with E-state index in [1.807, 2.05) is 11.8 Å². The molecule has 0 amide bonds. The van der Waals surface area contributed by atoms with Crippen LogP contribution in [0, 0.1) is 0 Å². The molecule has 92 valence electrons. The van der Waals surface area contributed by atoms with E-state index in [0.29, 0.717) is 0 Å². The fraction of sp³-hybridized carbons (Fsp3) is 0.250. The zero-order valence-corrected chi connectivity index (χ0v) is 11.8. The molecule has 0 radical (unpaired) electrons. The fourth-order valence-corrected chi connectivity index (χ4v) is 4.79. The van der Waals surface area contributed by atoms with Crippen molar-refractivity contribution in [2.75, 3.05) is 11.5 Å². The molecule has 0 saturated heterocycles. The molecular formula is C16H16S2. The highest BCUT2D eigenvalue weighted by Gasteiger charge is 2.22. The highest BCUT2D eigenvalue weighted by molar-refractivity contribution is 8.00. The lowest BCUT2D eigenvalue weighted by Crippen LogP contribution is -2.00. The summed E-state index contributed by atoms with van der Waals surface area (Å²) in [5.41, 5.74) is 2.99. The normalized spacial score (nSPS) is 17.7. The summed E-state index contributed by atoms with van der Waals surface area (Å²) in [6.45, 7) is 0. The van der Waals surface area contributed by atoms with Crippen LogP contribution in [0.2, 0.25) is 0 Å². The molecule has 0 aromatic heterocycles. The molecule has 2 aromatic carbocycles. The van der Waals surface area contributed by atoms with Gasteiger partial charge in [-0.15, -0.1) is 11.8 Å². The predicted molar refractivity (Wildman–Crippen MR) is 82.5 cm³/mol. The van der Waals surface area contributed by atoms with Crippen molar-refractivity contribution in [1.29, 1.82) is 0 Å². The summed E-state index contributed by atoms with van der Waals surface area (Å²) in [6, 6.07) is 19.6. The molecule has 0 saturated carbocycles. The lowest BCUT2D eigenvalue weighted by molar-refractivity contribution is 0.896. The number of hydrogen-bond donors (Lipinski definition) is 0. The third-order valence-electron chi connectivity index (χ3n) is 3.23. The first-order valence-corrected chi connectivity index (χ1v) is 8.41. The van der Waals surface area contributed by atoms with Gasteiger partial charge in [-0.05, 0) is 17.2 Å². The van der Waals surface area contributed by atoms with Crippen molar-refractivity contribution < 1.29 is 0 Å². The van der Waals surface area contributed by atoms with E-state index < -0.39 is 0 Å². The molecule has 0 aliphatic carbocycles. The zero-order chi connectivity index (χ0) is 12.2. The molecule has 1 aliphatic heterocycles. The summed E-state index contributed by atoms with van der Waals surface area (Å²) < 4.78 is 0. The molecule has 1 aliphatic rings. The Morgan fingerprint density at radius 3 is 2.67 bits per heavy atom. The maximum Gasteiger partial charge on any atom is 0.0184 e. The second-order valence-electron chi connectivity index (χ2n) is 4.55. The second kappa shape index (κ2) is 5.85. The number of thioether (sulfide) groups is 2. The van der Waals surface area contributed by atoms with E-state index in [1.54, 1.807) is 5.56 Å². The average Bonchev–Trinajstić information content (AvgIpc) is 2.84. The first kappa shape index (κ1) is 12.2. The van der Waals surface area contributed by atoms with E-state index in [9.17, 15) is 0 Å². The van der Waals surface area contributed by atoms with Crippen LogP contribution in [0.4, 0.5) is 0 Å². The van der Waals surface area contributed by atoms with Gasteiger partial charge in [0.15, 0.2) is 0 Å². The third-order valence-corrected chi connectivity index (χ3v) is 5.66.